The van der Waals surface area contributed by atoms with Crippen LogP contribution in [0.15, 0.2) is 24.3 Å². The number of benzene rings is 1. The minimum Gasteiger partial charge on any atom is -0.493 e. The van der Waals surface area contributed by atoms with Crippen LogP contribution < -0.4 is 10.5 Å². The highest BCUT2D eigenvalue weighted by atomic mass is 16.5. The summed E-state index contributed by atoms with van der Waals surface area (Å²) in [5.41, 5.74) is 5.99. The number of methoxy groups -OCH3 is 1. The molecule has 0 aliphatic heterocycles. The third-order valence-electron chi connectivity index (χ3n) is 2.88. The highest BCUT2D eigenvalue weighted by molar-refractivity contribution is 5.79. The molecule has 0 bridgehead atoms. The molecule has 0 heterocycles. The molecular weight excluding hydrogens is 230 g/mol. The van der Waals surface area contributed by atoms with Gasteiger partial charge in [0.25, 0.3) is 0 Å². The second kappa shape index (κ2) is 6.40. The van der Waals surface area contributed by atoms with Gasteiger partial charge in [-0.25, -0.2) is 0 Å². The molecule has 1 unspecified atom stereocenters. The molecule has 1 atom stereocenters. The smallest absolute Gasteiger partial charge is 0.325 e. The third-order valence-corrected chi connectivity index (χ3v) is 2.88. The van der Waals surface area contributed by atoms with E-state index >= 15 is 0 Å². The summed E-state index contributed by atoms with van der Waals surface area (Å²) in [4.78, 5) is 11.4. The molecule has 0 aliphatic carbocycles. The molecule has 1 aromatic carbocycles. The Morgan fingerprint density at radius 2 is 2.06 bits per heavy atom. The van der Waals surface area contributed by atoms with E-state index in [1.165, 1.54) is 7.11 Å². The molecule has 0 spiro atoms. The van der Waals surface area contributed by atoms with E-state index in [0.717, 1.165) is 17.7 Å². The summed E-state index contributed by atoms with van der Waals surface area (Å²) >= 11 is 0. The van der Waals surface area contributed by atoms with E-state index in [9.17, 15) is 4.79 Å². The van der Waals surface area contributed by atoms with E-state index in [0.29, 0.717) is 13.0 Å². The van der Waals surface area contributed by atoms with Crippen LogP contribution in [0, 0.1) is 0 Å². The van der Waals surface area contributed by atoms with Crippen molar-refractivity contribution < 1.29 is 14.3 Å². The van der Waals surface area contributed by atoms with Crippen LogP contribution in [0.5, 0.6) is 5.75 Å². The molecule has 0 saturated carbocycles. The molecule has 18 heavy (non-hydrogen) atoms. The standard InChI is InChI=1S/C14H21NO3/c1-4-11-7-5-6-8-12(11)18-10-9-14(2,15)13(16)17-3/h5-8H,4,9-10,15H2,1-3H3. The van der Waals surface area contributed by atoms with Crippen molar-refractivity contribution >= 4 is 5.97 Å². The molecule has 100 valence electrons. The van der Waals surface area contributed by atoms with Gasteiger partial charge < -0.3 is 15.2 Å². The van der Waals surface area contributed by atoms with Crippen molar-refractivity contribution in [3.05, 3.63) is 29.8 Å². The van der Waals surface area contributed by atoms with Gasteiger partial charge in [0.2, 0.25) is 0 Å². The van der Waals surface area contributed by atoms with Gasteiger partial charge in [0.15, 0.2) is 0 Å². The predicted octanol–water partition coefficient (Wildman–Crippen LogP) is 1.91. The molecule has 4 heteroatoms. The number of nitrogens with two attached hydrogens (primary N) is 1. The predicted molar refractivity (Wildman–Crippen MR) is 70.5 cm³/mol. The number of ether oxygens (including phenoxy) is 2. The van der Waals surface area contributed by atoms with Gasteiger partial charge in [0.05, 0.1) is 13.7 Å². The molecule has 4 nitrogen and oxygen atoms in total. The molecule has 2 N–H and O–H groups in total. The van der Waals surface area contributed by atoms with Crippen LogP contribution in [0.1, 0.15) is 25.8 Å². The summed E-state index contributed by atoms with van der Waals surface area (Å²) in [6.07, 6.45) is 1.32. The Balaban J connectivity index is 2.54. The van der Waals surface area contributed by atoms with E-state index in [1.807, 2.05) is 24.3 Å². The monoisotopic (exact) mass is 251 g/mol. The lowest BCUT2D eigenvalue weighted by Gasteiger charge is -2.21. The lowest BCUT2D eigenvalue weighted by molar-refractivity contribution is -0.146. The van der Waals surface area contributed by atoms with E-state index < -0.39 is 11.5 Å². The fraction of sp³-hybridized carbons (Fsp3) is 0.500. The van der Waals surface area contributed by atoms with Crippen molar-refractivity contribution in [3.8, 4) is 5.75 Å². The maximum Gasteiger partial charge on any atom is 0.325 e. The van der Waals surface area contributed by atoms with Crippen molar-refractivity contribution in [1.29, 1.82) is 0 Å². The van der Waals surface area contributed by atoms with E-state index in [4.69, 9.17) is 10.5 Å². The first-order valence-corrected chi connectivity index (χ1v) is 6.09. The fourth-order valence-electron chi connectivity index (χ4n) is 1.64. The SMILES string of the molecule is CCc1ccccc1OCCC(C)(N)C(=O)OC. The van der Waals surface area contributed by atoms with Gasteiger partial charge in [-0.3, -0.25) is 4.79 Å². The number of hydrogen-bond acceptors (Lipinski definition) is 4. The van der Waals surface area contributed by atoms with Gasteiger partial charge in [-0.1, -0.05) is 25.1 Å². The Bertz CT molecular complexity index is 402. The number of aryl methyl sites for hydroxylation is 1. The van der Waals surface area contributed by atoms with Crippen LogP contribution in [-0.4, -0.2) is 25.2 Å². The first kappa shape index (κ1) is 14.5. The van der Waals surface area contributed by atoms with Gasteiger partial charge in [-0.05, 0) is 25.0 Å². The number of hydrogen-bond donors (Lipinski definition) is 1. The molecule has 0 radical (unpaired) electrons. The summed E-state index contributed by atoms with van der Waals surface area (Å²) in [5, 5.41) is 0. The van der Waals surface area contributed by atoms with Crippen molar-refractivity contribution in [2.24, 2.45) is 5.73 Å². The Kier molecular flexibility index (Phi) is 5.16. The van der Waals surface area contributed by atoms with Crippen LogP contribution in [-0.2, 0) is 16.0 Å². The Morgan fingerprint density at radius 1 is 1.39 bits per heavy atom. The molecule has 0 fully saturated rings. The van der Waals surface area contributed by atoms with Gasteiger partial charge in [-0.15, -0.1) is 0 Å². The van der Waals surface area contributed by atoms with Gasteiger partial charge in [-0.2, -0.15) is 0 Å². The minimum absolute atomic E-state index is 0.388. The molecule has 1 aromatic rings. The normalized spacial score (nSPS) is 13.8. The number of carbonyl (C=O) groups is 1. The second-order valence-corrected chi connectivity index (χ2v) is 4.47. The average molecular weight is 251 g/mol. The summed E-state index contributed by atoms with van der Waals surface area (Å²) in [7, 11) is 1.33. The topological polar surface area (TPSA) is 61.5 Å². The Hall–Kier alpha value is -1.55. The summed E-state index contributed by atoms with van der Waals surface area (Å²) < 4.78 is 10.3. The molecule has 0 aliphatic rings. The lowest BCUT2D eigenvalue weighted by atomic mass is 10.0. The molecular formula is C14H21NO3. The third kappa shape index (κ3) is 3.74. The highest BCUT2D eigenvalue weighted by Gasteiger charge is 2.29. The summed E-state index contributed by atoms with van der Waals surface area (Å²) in [5.74, 6) is 0.426. The van der Waals surface area contributed by atoms with Gasteiger partial charge in [0, 0.05) is 6.42 Å². The maximum atomic E-state index is 11.4. The first-order valence-electron chi connectivity index (χ1n) is 6.09. The Labute approximate surface area is 108 Å². The number of rotatable bonds is 6. The van der Waals surface area contributed by atoms with Gasteiger partial charge in [0.1, 0.15) is 11.3 Å². The summed E-state index contributed by atoms with van der Waals surface area (Å²) in [6.45, 7) is 4.11. The van der Waals surface area contributed by atoms with Crippen LogP contribution in [0.25, 0.3) is 0 Å². The second-order valence-electron chi connectivity index (χ2n) is 4.47. The minimum atomic E-state index is -1.00. The fourth-order valence-corrected chi connectivity index (χ4v) is 1.64. The van der Waals surface area contributed by atoms with E-state index in [-0.39, 0.29) is 0 Å². The van der Waals surface area contributed by atoms with Crippen molar-refractivity contribution in [3.63, 3.8) is 0 Å². The maximum absolute atomic E-state index is 11.4. The molecule has 1 rings (SSSR count). The van der Waals surface area contributed by atoms with Crippen molar-refractivity contribution in [2.75, 3.05) is 13.7 Å². The largest absolute Gasteiger partial charge is 0.493 e. The van der Waals surface area contributed by atoms with Crippen LogP contribution >= 0.6 is 0 Å². The zero-order valence-electron chi connectivity index (χ0n) is 11.2. The number of carbonyl (C=O) groups excluding carboxylic acids is 1. The molecule has 0 aromatic heterocycles. The lowest BCUT2D eigenvalue weighted by Crippen LogP contribution is -2.46. The Morgan fingerprint density at radius 3 is 2.67 bits per heavy atom. The highest BCUT2D eigenvalue weighted by Crippen LogP contribution is 2.19. The number of para-hydroxylation sites is 1. The van der Waals surface area contributed by atoms with Crippen molar-refractivity contribution in [2.45, 2.75) is 32.2 Å². The van der Waals surface area contributed by atoms with Crippen LogP contribution in [0.2, 0.25) is 0 Å². The zero-order chi connectivity index (χ0) is 13.6. The zero-order valence-corrected chi connectivity index (χ0v) is 11.2. The van der Waals surface area contributed by atoms with Gasteiger partial charge >= 0.3 is 5.97 Å². The molecule has 0 amide bonds. The van der Waals surface area contributed by atoms with E-state index in [2.05, 4.69) is 11.7 Å². The van der Waals surface area contributed by atoms with E-state index in [1.54, 1.807) is 6.92 Å². The quantitative estimate of drug-likeness (QED) is 0.784. The average Bonchev–Trinajstić information content (AvgIpc) is 2.38. The first-order chi connectivity index (χ1) is 8.51. The van der Waals surface area contributed by atoms with Crippen LogP contribution in [0.3, 0.4) is 0 Å². The molecule has 0 saturated heterocycles. The van der Waals surface area contributed by atoms with Crippen LogP contribution in [0.4, 0.5) is 0 Å². The summed E-state index contributed by atoms with van der Waals surface area (Å²) in [6, 6.07) is 7.85. The number of esters is 1. The van der Waals surface area contributed by atoms with Crippen molar-refractivity contribution in [1.82, 2.24) is 0 Å².